The minimum Gasteiger partial charge on any atom is -0.497 e. The molecule has 0 unspecified atom stereocenters. The predicted molar refractivity (Wildman–Crippen MR) is 65.9 cm³/mol. The van der Waals surface area contributed by atoms with Gasteiger partial charge in [0.1, 0.15) is 5.75 Å². The predicted octanol–water partition coefficient (Wildman–Crippen LogP) is 1.49. The molecule has 0 aliphatic carbocycles. The van der Waals surface area contributed by atoms with Crippen LogP contribution < -0.4 is 4.74 Å². The third-order valence-corrected chi connectivity index (χ3v) is 4.58. The van der Waals surface area contributed by atoms with Crippen LogP contribution in [0.1, 0.15) is 13.8 Å². The van der Waals surface area contributed by atoms with Crippen LogP contribution in [0.3, 0.4) is 0 Å². The van der Waals surface area contributed by atoms with Crippen LogP contribution >= 0.6 is 0 Å². The summed E-state index contributed by atoms with van der Waals surface area (Å²) in [6, 6.07) is 6.25. The lowest BCUT2D eigenvalue weighted by Gasteiger charge is -2.21. The normalized spacial score (nSPS) is 12.5. The molecule has 0 atom stereocenters. The highest BCUT2D eigenvalue weighted by Crippen LogP contribution is 2.23. The molecule has 0 amide bonds. The number of hydrogen-bond donors (Lipinski definition) is 1. The minimum absolute atomic E-state index is 0.0805. The van der Waals surface area contributed by atoms with Crippen molar-refractivity contribution < 1.29 is 18.3 Å². The number of aliphatic hydroxyl groups excluding tert-OH is 1. The molecule has 0 aliphatic rings. The monoisotopic (exact) mass is 258 g/mol. The zero-order valence-corrected chi connectivity index (χ0v) is 11.1. The molecule has 0 fully saturated rings. The van der Waals surface area contributed by atoms with Crippen molar-refractivity contribution in [3.8, 4) is 5.75 Å². The van der Waals surface area contributed by atoms with E-state index in [0.717, 1.165) is 0 Å². The van der Waals surface area contributed by atoms with Gasteiger partial charge in [0.2, 0.25) is 0 Å². The summed E-state index contributed by atoms with van der Waals surface area (Å²) in [6.45, 7) is 3.27. The molecule has 5 heteroatoms. The fourth-order valence-electron chi connectivity index (χ4n) is 1.43. The Hall–Kier alpha value is -1.07. The molecule has 17 heavy (non-hydrogen) atoms. The van der Waals surface area contributed by atoms with Gasteiger partial charge in [0.25, 0.3) is 0 Å². The van der Waals surface area contributed by atoms with E-state index >= 15 is 0 Å². The van der Waals surface area contributed by atoms with E-state index in [9.17, 15) is 8.42 Å². The largest absolute Gasteiger partial charge is 0.497 e. The number of ether oxygens (including phenoxy) is 1. The van der Waals surface area contributed by atoms with Gasteiger partial charge in [-0.2, -0.15) is 0 Å². The van der Waals surface area contributed by atoms with Crippen LogP contribution in [-0.2, 0) is 9.84 Å². The van der Waals surface area contributed by atoms with Gasteiger partial charge >= 0.3 is 0 Å². The van der Waals surface area contributed by atoms with Crippen LogP contribution in [-0.4, -0.2) is 33.0 Å². The summed E-state index contributed by atoms with van der Waals surface area (Å²) in [4.78, 5) is 0.250. The molecule has 1 aromatic rings. The zero-order valence-electron chi connectivity index (χ0n) is 10.3. The second-order valence-corrected chi connectivity index (χ2v) is 6.75. The van der Waals surface area contributed by atoms with E-state index < -0.39 is 15.3 Å². The van der Waals surface area contributed by atoms with E-state index in [1.807, 2.05) is 0 Å². The number of methoxy groups -OCH3 is 1. The highest BCUT2D eigenvalue weighted by molar-refractivity contribution is 7.91. The Kier molecular flexibility index (Phi) is 4.16. The number of rotatable bonds is 5. The van der Waals surface area contributed by atoms with Gasteiger partial charge < -0.3 is 9.84 Å². The topological polar surface area (TPSA) is 63.6 Å². The standard InChI is InChI=1S/C12H18O4S/c1-12(2,8-13)9-17(14,15)11-6-4-10(16-3)5-7-11/h4-7,13H,8-9H2,1-3H3. The molecule has 96 valence electrons. The molecule has 1 aromatic carbocycles. The lowest BCUT2D eigenvalue weighted by molar-refractivity contribution is 0.179. The quantitative estimate of drug-likeness (QED) is 0.869. The van der Waals surface area contributed by atoms with Crippen LogP contribution in [0.15, 0.2) is 29.2 Å². The van der Waals surface area contributed by atoms with Gasteiger partial charge in [-0.15, -0.1) is 0 Å². The van der Waals surface area contributed by atoms with Gasteiger partial charge in [-0.1, -0.05) is 13.8 Å². The third kappa shape index (κ3) is 3.71. The molecule has 0 heterocycles. The second kappa shape index (κ2) is 5.06. The van der Waals surface area contributed by atoms with E-state index in [0.29, 0.717) is 5.75 Å². The maximum absolute atomic E-state index is 12.1. The smallest absolute Gasteiger partial charge is 0.178 e. The molecule has 0 bridgehead atoms. The molecule has 0 saturated carbocycles. The van der Waals surface area contributed by atoms with Crippen LogP contribution in [0.2, 0.25) is 0 Å². The molecule has 0 spiro atoms. The van der Waals surface area contributed by atoms with Crippen LogP contribution in [0, 0.1) is 5.41 Å². The maximum Gasteiger partial charge on any atom is 0.178 e. The van der Waals surface area contributed by atoms with Crippen molar-refractivity contribution in [1.82, 2.24) is 0 Å². The molecular weight excluding hydrogens is 240 g/mol. The number of sulfone groups is 1. The molecule has 0 aliphatic heterocycles. The maximum atomic E-state index is 12.1. The Morgan fingerprint density at radius 1 is 1.24 bits per heavy atom. The third-order valence-electron chi connectivity index (χ3n) is 2.43. The summed E-state index contributed by atoms with van der Waals surface area (Å²) in [6.07, 6.45) is 0. The summed E-state index contributed by atoms with van der Waals surface area (Å²) >= 11 is 0. The highest BCUT2D eigenvalue weighted by Gasteiger charge is 2.26. The average Bonchev–Trinajstić information content (AvgIpc) is 2.28. The van der Waals surface area contributed by atoms with Crippen molar-refractivity contribution in [1.29, 1.82) is 0 Å². The molecule has 1 rings (SSSR count). The van der Waals surface area contributed by atoms with E-state index in [1.165, 1.54) is 19.2 Å². The first-order valence-corrected chi connectivity index (χ1v) is 6.94. The summed E-state index contributed by atoms with van der Waals surface area (Å²) in [7, 11) is -1.84. The number of hydrogen-bond acceptors (Lipinski definition) is 4. The Morgan fingerprint density at radius 2 is 1.76 bits per heavy atom. The molecule has 0 aromatic heterocycles. The SMILES string of the molecule is COc1ccc(S(=O)(=O)CC(C)(C)CO)cc1. The summed E-state index contributed by atoms with van der Waals surface area (Å²) in [5.41, 5.74) is -0.640. The molecule has 1 N–H and O–H groups in total. The first-order chi connectivity index (χ1) is 7.80. The van der Waals surface area contributed by atoms with Crippen molar-refractivity contribution in [2.75, 3.05) is 19.5 Å². The van der Waals surface area contributed by atoms with E-state index in [-0.39, 0.29) is 17.3 Å². The Bertz CT molecular complexity index is 460. The second-order valence-electron chi connectivity index (χ2n) is 4.76. The van der Waals surface area contributed by atoms with Crippen LogP contribution in [0.4, 0.5) is 0 Å². The fraction of sp³-hybridized carbons (Fsp3) is 0.500. The fourth-order valence-corrected chi connectivity index (χ4v) is 3.26. The van der Waals surface area contributed by atoms with E-state index in [2.05, 4.69) is 0 Å². The molecule has 0 saturated heterocycles. The van der Waals surface area contributed by atoms with Gasteiger partial charge in [0.05, 0.1) is 17.8 Å². The van der Waals surface area contributed by atoms with Crippen LogP contribution in [0.5, 0.6) is 5.75 Å². The lowest BCUT2D eigenvalue weighted by atomic mass is 9.98. The number of aliphatic hydroxyl groups is 1. The molecule has 0 radical (unpaired) electrons. The Labute approximate surface area is 102 Å². The Morgan fingerprint density at radius 3 is 2.18 bits per heavy atom. The number of benzene rings is 1. The minimum atomic E-state index is -3.37. The van der Waals surface area contributed by atoms with Gasteiger partial charge in [-0.05, 0) is 24.3 Å². The summed E-state index contributed by atoms with van der Waals surface area (Å²) < 4.78 is 29.1. The first-order valence-electron chi connectivity index (χ1n) is 5.28. The van der Waals surface area contributed by atoms with Gasteiger partial charge in [-0.3, -0.25) is 0 Å². The highest BCUT2D eigenvalue weighted by atomic mass is 32.2. The van der Waals surface area contributed by atoms with Crippen molar-refractivity contribution >= 4 is 9.84 Å². The lowest BCUT2D eigenvalue weighted by Crippen LogP contribution is -2.27. The van der Waals surface area contributed by atoms with E-state index in [1.54, 1.807) is 26.0 Å². The van der Waals surface area contributed by atoms with Crippen molar-refractivity contribution in [3.05, 3.63) is 24.3 Å². The van der Waals surface area contributed by atoms with Gasteiger partial charge in [-0.25, -0.2) is 8.42 Å². The first kappa shape index (κ1) is 14.0. The van der Waals surface area contributed by atoms with Crippen molar-refractivity contribution in [2.24, 2.45) is 5.41 Å². The summed E-state index contributed by atoms with van der Waals surface area (Å²) in [5, 5.41) is 9.10. The Balaban J connectivity index is 2.97. The summed E-state index contributed by atoms with van der Waals surface area (Å²) in [5.74, 6) is 0.536. The van der Waals surface area contributed by atoms with Crippen molar-refractivity contribution in [3.63, 3.8) is 0 Å². The average molecular weight is 258 g/mol. The van der Waals surface area contributed by atoms with Crippen molar-refractivity contribution in [2.45, 2.75) is 18.7 Å². The molecule has 4 nitrogen and oxygen atoms in total. The van der Waals surface area contributed by atoms with E-state index in [4.69, 9.17) is 9.84 Å². The van der Waals surface area contributed by atoms with Gasteiger partial charge in [0.15, 0.2) is 9.84 Å². The van der Waals surface area contributed by atoms with Gasteiger partial charge in [0, 0.05) is 12.0 Å². The molecular formula is C12H18O4S. The zero-order chi connectivity index (χ0) is 13.1. The van der Waals surface area contributed by atoms with Crippen LogP contribution in [0.25, 0.3) is 0 Å².